The molecule has 4 rings (SSSR count). The van der Waals surface area contributed by atoms with Crippen LogP contribution in [0.5, 0.6) is 11.5 Å². The highest BCUT2D eigenvalue weighted by atomic mass is 16.5. The Morgan fingerprint density at radius 1 is 0.975 bits per heavy atom. The molecule has 1 heterocycles. The zero-order valence-electron chi connectivity index (χ0n) is 23.2. The molecule has 3 aromatic rings. The van der Waals surface area contributed by atoms with E-state index in [-0.39, 0.29) is 5.57 Å². The van der Waals surface area contributed by atoms with E-state index in [1.54, 1.807) is 23.1 Å². The van der Waals surface area contributed by atoms with Gasteiger partial charge in [0.2, 0.25) is 0 Å². The van der Waals surface area contributed by atoms with E-state index in [0.29, 0.717) is 43.2 Å². The van der Waals surface area contributed by atoms with Crippen molar-refractivity contribution in [2.45, 2.75) is 26.0 Å². The number of aliphatic hydroxyl groups is 1. The van der Waals surface area contributed by atoms with Crippen LogP contribution in [-0.2, 0) is 16.2 Å². The number of nitrogens with zero attached hydrogens (tertiary/aromatic N) is 2. The van der Waals surface area contributed by atoms with Gasteiger partial charge in [0, 0.05) is 6.54 Å². The summed E-state index contributed by atoms with van der Waals surface area (Å²) in [5, 5.41) is 10.9. The zero-order valence-corrected chi connectivity index (χ0v) is 23.2. The predicted molar refractivity (Wildman–Crippen MR) is 156 cm³/mol. The molecule has 1 aliphatic rings. The standard InChI is InChI=1S/C33H36N2O5/c1-4-39-29-22-26(17-19-28(29)40-23-25-14-9-6-10-15-25)31-30(27(36)18-16-24-12-7-5-8-13-24)32(37)33(38)35(31)21-11-20-34(2)3/h5-10,12-19,22,31,37H,4,11,20-21,23H2,1-3H3. The Labute approximate surface area is 235 Å². The fourth-order valence-electron chi connectivity index (χ4n) is 4.68. The number of aliphatic hydroxyl groups excluding tert-OH is 1. The maximum Gasteiger partial charge on any atom is 0.290 e. The van der Waals surface area contributed by atoms with E-state index in [2.05, 4.69) is 0 Å². The molecule has 0 aliphatic carbocycles. The first-order valence-electron chi connectivity index (χ1n) is 13.5. The Bertz CT molecular complexity index is 1370. The SMILES string of the molecule is CCOc1cc(C2C(C(=O)C=Cc3ccccc3)=C(O)C(=O)N2CCCN(C)C)ccc1OCc1ccccc1. The highest BCUT2D eigenvalue weighted by molar-refractivity contribution is 6.14. The molecule has 0 fully saturated rings. The molecule has 0 saturated carbocycles. The third-order valence-electron chi connectivity index (χ3n) is 6.62. The van der Waals surface area contributed by atoms with Gasteiger partial charge in [0.25, 0.3) is 5.91 Å². The van der Waals surface area contributed by atoms with Crippen molar-refractivity contribution in [3.63, 3.8) is 0 Å². The molecular formula is C33H36N2O5. The van der Waals surface area contributed by atoms with Crippen molar-refractivity contribution in [2.75, 3.05) is 33.8 Å². The molecule has 3 aromatic carbocycles. The topological polar surface area (TPSA) is 79.3 Å². The molecule has 0 bridgehead atoms. The molecule has 208 valence electrons. The summed E-state index contributed by atoms with van der Waals surface area (Å²) < 4.78 is 12.0. The molecule has 0 radical (unpaired) electrons. The average Bonchev–Trinajstić information content (AvgIpc) is 3.21. The number of hydrogen-bond acceptors (Lipinski definition) is 6. The smallest absolute Gasteiger partial charge is 0.290 e. The van der Waals surface area contributed by atoms with E-state index in [9.17, 15) is 14.7 Å². The fraction of sp³-hybridized carbons (Fsp3) is 0.273. The highest BCUT2D eigenvalue weighted by Crippen LogP contribution is 2.41. The zero-order chi connectivity index (χ0) is 28.5. The van der Waals surface area contributed by atoms with E-state index in [1.165, 1.54) is 6.08 Å². The van der Waals surface area contributed by atoms with Crippen LogP contribution < -0.4 is 9.47 Å². The summed E-state index contributed by atoms with van der Waals surface area (Å²) in [5.41, 5.74) is 2.59. The first-order valence-corrected chi connectivity index (χ1v) is 13.5. The number of benzene rings is 3. The van der Waals surface area contributed by atoms with Crippen LogP contribution in [0.25, 0.3) is 6.08 Å². The number of ether oxygens (including phenoxy) is 2. The van der Waals surface area contributed by atoms with Gasteiger partial charge in [0.05, 0.1) is 18.2 Å². The van der Waals surface area contributed by atoms with Crippen molar-refractivity contribution in [1.29, 1.82) is 0 Å². The van der Waals surface area contributed by atoms with Gasteiger partial charge in [0.1, 0.15) is 6.61 Å². The molecule has 40 heavy (non-hydrogen) atoms. The summed E-state index contributed by atoms with van der Waals surface area (Å²) >= 11 is 0. The molecule has 0 aromatic heterocycles. The molecule has 1 atom stereocenters. The molecule has 1 unspecified atom stereocenters. The molecule has 0 saturated heterocycles. The van der Waals surface area contributed by atoms with E-state index in [0.717, 1.165) is 17.7 Å². The van der Waals surface area contributed by atoms with E-state index >= 15 is 0 Å². The van der Waals surface area contributed by atoms with Crippen LogP contribution in [-0.4, -0.2) is 60.4 Å². The first kappa shape index (κ1) is 28.6. The molecule has 0 spiro atoms. The van der Waals surface area contributed by atoms with Crippen molar-refractivity contribution in [1.82, 2.24) is 9.80 Å². The Hall–Kier alpha value is -4.36. The Morgan fingerprint density at radius 3 is 2.35 bits per heavy atom. The summed E-state index contributed by atoms with van der Waals surface area (Å²) in [5.74, 6) is -0.419. The minimum atomic E-state index is -0.759. The maximum atomic E-state index is 13.5. The third-order valence-corrected chi connectivity index (χ3v) is 6.62. The number of carbonyl (C=O) groups excluding carboxylic acids is 2. The van der Waals surface area contributed by atoms with E-state index in [1.807, 2.05) is 92.6 Å². The van der Waals surface area contributed by atoms with Crippen LogP contribution in [0.4, 0.5) is 0 Å². The van der Waals surface area contributed by atoms with Crippen molar-refractivity contribution in [2.24, 2.45) is 0 Å². The largest absolute Gasteiger partial charge is 0.503 e. The van der Waals surface area contributed by atoms with Crippen LogP contribution in [0.1, 0.15) is 36.1 Å². The van der Waals surface area contributed by atoms with Crippen LogP contribution in [0.15, 0.2) is 96.3 Å². The van der Waals surface area contributed by atoms with Crippen LogP contribution in [0, 0.1) is 0 Å². The number of allylic oxidation sites excluding steroid dienone is 1. The van der Waals surface area contributed by atoms with Crippen molar-refractivity contribution in [3.05, 3.63) is 113 Å². The summed E-state index contributed by atoms with van der Waals surface area (Å²) in [6.07, 6.45) is 3.77. The van der Waals surface area contributed by atoms with Crippen molar-refractivity contribution < 1.29 is 24.2 Å². The second kappa shape index (κ2) is 13.6. The van der Waals surface area contributed by atoms with Crippen LogP contribution in [0.3, 0.4) is 0 Å². The molecule has 1 amide bonds. The molecule has 7 heteroatoms. The lowest BCUT2D eigenvalue weighted by Gasteiger charge is -2.28. The van der Waals surface area contributed by atoms with Gasteiger partial charge in [-0.1, -0.05) is 72.8 Å². The molecule has 7 nitrogen and oxygen atoms in total. The normalized spacial score (nSPS) is 15.3. The van der Waals surface area contributed by atoms with Gasteiger partial charge in [-0.15, -0.1) is 0 Å². The van der Waals surface area contributed by atoms with Gasteiger partial charge >= 0.3 is 0 Å². The molecule has 1 aliphatic heterocycles. The lowest BCUT2D eigenvalue weighted by Crippen LogP contribution is -2.33. The van der Waals surface area contributed by atoms with Crippen molar-refractivity contribution in [3.8, 4) is 11.5 Å². The monoisotopic (exact) mass is 540 g/mol. The van der Waals surface area contributed by atoms with Gasteiger partial charge in [0.15, 0.2) is 23.0 Å². The summed E-state index contributed by atoms with van der Waals surface area (Å²) in [6.45, 7) is 3.79. The van der Waals surface area contributed by atoms with E-state index in [4.69, 9.17) is 9.47 Å². The Kier molecular flexibility index (Phi) is 9.76. The fourth-order valence-corrected chi connectivity index (χ4v) is 4.68. The quantitative estimate of drug-likeness (QED) is 0.285. The highest BCUT2D eigenvalue weighted by Gasteiger charge is 2.42. The number of hydrogen-bond donors (Lipinski definition) is 1. The average molecular weight is 541 g/mol. The third kappa shape index (κ3) is 6.98. The Balaban J connectivity index is 1.67. The second-order valence-corrected chi connectivity index (χ2v) is 9.84. The van der Waals surface area contributed by atoms with Crippen LogP contribution >= 0.6 is 0 Å². The first-order chi connectivity index (χ1) is 19.4. The summed E-state index contributed by atoms with van der Waals surface area (Å²) in [6, 6.07) is 23.9. The molecular weight excluding hydrogens is 504 g/mol. The van der Waals surface area contributed by atoms with E-state index < -0.39 is 23.5 Å². The lowest BCUT2D eigenvalue weighted by atomic mass is 9.95. The maximum absolute atomic E-state index is 13.5. The van der Waals surface area contributed by atoms with Gasteiger partial charge in [-0.05, 0) is 68.9 Å². The second-order valence-electron chi connectivity index (χ2n) is 9.84. The predicted octanol–water partition coefficient (Wildman–Crippen LogP) is 5.59. The minimum absolute atomic E-state index is 0.0578. The van der Waals surface area contributed by atoms with Crippen molar-refractivity contribution >= 4 is 17.8 Å². The summed E-state index contributed by atoms with van der Waals surface area (Å²) in [7, 11) is 3.93. The van der Waals surface area contributed by atoms with Gasteiger partial charge in [-0.25, -0.2) is 0 Å². The minimum Gasteiger partial charge on any atom is -0.503 e. The number of ketones is 1. The van der Waals surface area contributed by atoms with Gasteiger partial charge in [-0.3, -0.25) is 9.59 Å². The van der Waals surface area contributed by atoms with Crippen LogP contribution in [0.2, 0.25) is 0 Å². The number of amides is 1. The number of carbonyl (C=O) groups is 2. The van der Waals surface area contributed by atoms with Gasteiger partial charge < -0.3 is 24.4 Å². The Morgan fingerprint density at radius 2 is 1.68 bits per heavy atom. The van der Waals surface area contributed by atoms with Gasteiger partial charge in [-0.2, -0.15) is 0 Å². The summed E-state index contributed by atoms with van der Waals surface area (Å²) in [4.78, 5) is 30.3. The molecule has 1 N–H and O–H groups in total. The number of rotatable bonds is 13. The lowest BCUT2D eigenvalue weighted by molar-refractivity contribution is -0.129.